The molecule has 0 aliphatic carbocycles. The number of nitrogens with one attached hydrogen (secondary N) is 2. The topological polar surface area (TPSA) is 131 Å². The van der Waals surface area contributed by atoms with Gasteiger partial charge < -0.3 is 10.4 Å². The Morgan fingerprint density at radius 2 is 1.72 bits per heavy atom. The molecule has 0 bridgehead atoms. The van der Waals surface area contributed by atoms with Crippen molar-refractivity contribution < 1.29 is 9.90 Å². The first-order valence-corrected chi connectivity index (χ1v) is 15.2. The van der Waals surface area contributed by atoms with E-state index in [9.17, 15) is 9.90 Å². The Balaban J connectivity index is 1.22. The van der Waals surface area contributed by atoms with Gasteiger partial charge in [-0.1, -0.05) is 35.9 Å². The number of amides is 1. The zero-order chi connectivity index (χ0) is 30.1. The molecule has 0 aliphatic rings. The number of anilines is 2. The number of nitrogens with zero attached hydrogens (tertiary/aromatic N) is 6. The summed E-state index contributed by atoms with van der Waals surface area (Å²) in [4.78, 5) is 31.1. The van der Waals surface area contributed by atoms with Gasteiger partial charge in [-0.05, 0) is 26.0 Å². The molecule has 0 aliphatic heterocycles. The molecule has 5 aromatic heterocycles. The van der Waals surface area contributed by atoms with Crippen LogP contribution < -0.4 is 10.6 Å². The first kappa shape index (κ1) is 28.6. The van der Waals surface area contributed by atoms with Crippen LogP contribution in [0.5, 0.6) is 0 Å². The summed E-state index contributed by atoms with van der Waals surface area (Å²) >= 11 is 9.64. The Hall–Kier alpha value is -4.49. The third-order valence-electron chi connectivity index (χ3n) is 6.65. The molecule has 5 heterocycles. The van der Waals surface area contributed by atoms with Gasteiger partial charge in [0.05, 0.1) is 28.2 Å². The van der Waals surface area contributed by atoms with Crippen molar-refractivity contribution in [2.75, 3.05) is 10.6 Å². The fourth-order valence-electron chi connectivity index (χ4n) is 4.36. The van der Waals surface area contributed by atoms with Gasteiger partial charge in [0.1, 0.15) is 0 Å². The number of benzene rings is 1. The summed E-state index contributed by atoms with van der Waals surface area (Å²) in [6.07, 6.45) is 5.80. The number of aromatic nitrogens is 6. The molecule has 1 unspecified atom stereocenters. The van der Waals surface area contributed by atoms with Crippen molar-refractivity contribution in [1.82, 2.24) is 29.7 Å². The van der Waals surface area contributed by atoms with Crippen LogP contribution in [0.4, 0.5) is 10.3 Å². The van der Waals surface area contributed by atoms with Crippen LogP contribution in [0.25, 0.3) is 33.6 Å². The minimum absolute atomic E-state index is 0.328. The second-order valence-corrected chi connectivity index (χ2v) is 11.8. The van der Waals surface area contributed by atoms with Gasteiger partial charge in [0.2, 0.25) is 0 Å². The number of aliphatic hydroxyl groups excluding tert-OH is 1. The van der Waals surface area contributed by atoms with Gasteiger partial charge in [-0.15, -0.1) is 22.7 Å². The van der Waals surface area contributed by atoms with E-state index in [1.807, 2.05) is 68.2 Å². The second kappa shape index (κ2) is 12.0. The number of aryl methyl sites for hydroxylation is 3. The normalized spacial score (nSPS) is 11.8. The fraction of sp³-hybridized carbons (Fsp3) is 0.133. The maximum Gasteiger partial charge on any atom is 0.259 e. The van der Waals surface area contributed by atoms with E-state index in [1.165, 1.54) is 28.9 Å². The lowest BCUT2D eigenvalue weighted by Gasteiger charge is -2.13. The molecule has 43 heavy (non-hydrogen) atoms. The summed E-state index contributed by atoms with van der Waals surface area (Å²) in [7, 11) is 1.84. The molecule has 1 aromatic carbocycles. The van der Waals surface area contributed by atoms with Crippen molar-refractivity contribution in [2.24, 2.45) is 7.05 Å². The molecule has 0 radical (unpaired) electrons. The predicted molar refractivity (Wildman–Crippen MR) is 170 cm³/mol. The summed E-state index contributed by atoms with van der Waals surface area (Å²) in [5.41, 5.74) is 7.03. The third kappa shape index (κ3) is 6.18. The number of rotatable bonds is 8. The van der Waals surface area contributed by atoms with Crippen molar-refractivity contribution in [2.45, 2.75) is 20.1 Å². The minimum Gasteiger partial charge on any atom is -0.369 e. The maximum atomic E-state index is 13.2. The maximum absolute atomic E-state index is 13.2. The van der Waals surface area contributed by atoms with Crippen molar-refractivity contribution >= 4 is 50.4 Å². The molecular weight excluding hydrogens is 604 g/mol. The highest BCUT2D eigenvalue weighted by Crippen LogP contribution is 2.39. The molecular formula is C30H25ClN8O2S2. The first-order valence-electron chi connectivity index (χ1n) is 13.1. The molecule has 13 heteroatoms. The number of hydrogen-bond acceptors (Lipinski definition) is 10. The molecule has 10 nitrogen and oxygen atoms in total. The average Bonchev–Trinajstić information content (AvgIpc) is 3.76. The smallest absolute Gasteiger partial charge is 0.259 e. The largest absolute Gasteiger partial charge is 0.369 e. The van der Waals surface area contributed by atoms with Crippen LogP contribution in [0, 0.1) is 13.8 Å². The Labute approximate surface area is 260 Å². The molecule has 6 rings (SSSR count). The summed E-state index contributed by atoms with van der Waals surface area (Å²) in [6.45, 7) is 3.76. The number of pyridine rings is 2. The van der Waals surface area contributed by atoms with Crippen molar-refractivity contribution in [3.05, 3.63) is 99.5 Å². The molecule has 0 saturated heterocycles. The molecule has 1 amide bonds. The number of halogens is 1. The van der Waals surface area contributed by atoms with Gasteiger partial charge in [0, 0.05) is 75.6 Å². The average molecular weight is 629 g/mol. The first-order chi connectivity index (χ1) is 20.7. The van der Waals surface area contributed by atoms with E-state index < -0.39 is 6.23 Å². The van der Waals surface area contributed by atoms with Crippen LogP contribution in [0.2, 0.25) is 5.02 Å². The highest BCUT2D eigenvalue weighted by molar-refractivity contribution is 7.14. The van der Waals surface area contributed by atoms with E-state index in [2.05, 4.69) is 35.7 Å². The van der Waals surface area contributed by atoms with Gasteiger partial charge in [0.15, 0.2) is 16.5 Å². The van der Waals surface area contributed by atoms with E-state index in [-0.39, 0.29) is 5.91 Å². The van der Waals surface area contributed by atoms with Crippen LogP contribution in [0.15, 0.2) is 71.9 Å². The second-order valence-electron chi connectivity index (χ2n) is 9.74. The lowest BCUT2D eigenvalue weighted by atomic mass is 9.99. The van der Waals surface area contributed by atoms with Gasteiger partial charge in [-0.3, -0.25) is 24.8 Å². The Morgan fingerprint density at radius 3 is 2.49 bits per heavy atom. The van der Waals surface area contributed by atoms with Gasteiger partial charge in [-0.2, -0.15) is 5.10 Å². The van der Waals surface area contributed by atoms with E-state index in [1.54, 1.807) is 23.1 Å². The standard InChI is InChI=1S/C30H25ClN8O2S2/c1-16-7-8-18(10-32-16)27(40)37-30-36-25(15-43-30)22-6-4-5-21(26(22)31)23-9-19(11-33-17(23)2)28(41)38-29-35-24(14-42-29)20-12-34-39(3)13-20/h4-15,27,40H,1-3H3,(H,36,37)(H,35,38,41). The fourth-order valence-corrected chi connectivity index (χ4v) is 6.13. The highest BCUT2D eigenvalue weighted by atomic mass is 35.5. The SMILES string of the molecule is Cc1ccc(C(O)Nc2nc(-c3cccc(-c4cc(C(=O)Nc5nc(-c6cnn(C)c6)cs5)cnc4C)c3Cl)cs2)cn1. The number of aliphatic hydroxyl groups is 1. The summed E-state index contributed by atoms with van der Waals surface area (Å²) in [6, 6.07) is 11.1. The van der Waals surface area contributed by atoms with Gasteiger partial charge in [0.25, 0.3) is 5.91 Å². The number of hydrogen-bond donors (Lipinski definition) is 3. The summed E-state index contributed by atoms with van der Waals surface area (Å²) < 4.78 is 1.70. The van der Waals surface area contributed by atoms with Crippen molar-refractivity contribution in [3.8, 4) is 33.6 Å². The van der Waals surface area contributed by atoms with E-state index in [0.717, 1.165) is 39.3 Å². The molecule has 6 aromatic rings. The zero-order valence-electron chi connectivity index (χ0n) is 23.2. The Morgan fingerprint density at radius 1 is 0.953 bits per heavy atom. The minimum atomic E-state index is -0.956. The molecule has 3 N–H and O–H groups in total. The quantitative estimate of drug-likeness (QED) is 0.158. The molecule has 1 atom stereocenters. The Bertz CT molecular complexity index is 1930. The Kier molecular flexibility index (Phi) is 8.00. The number of thiazole rings is 2. The zero-order valence-corrected chi connectivity index (χ0v) is 25.6. The van der Waals surface area contributed by atoms with Crippen LogP contribution >= 0.6 is 34.3 Å². The number of carbonyl (C=O) groups is 1. The summed E-state index contributed by atoms with van der Waals surface area (Å²) in [5, 5.41) is 25.9. The van der Waals surface area contributed by atoms with Gasteiger partial charge in [-0.25, -0.2) is 9.97 Å². The third-order valence-corrected chi connectivity index (χ3v) is 8.59. The van der Waals surface area contributed by atoms with Gasteiger partial charge >= 0.3 is 0 Å². The lowest BCUT2D eigenvalue weighted by molar-refractivity contribution is 0.102. The van der Waals surface area contributed by atoms with Crippen LogP contribution in [0.1, 0.15) is 33.5 Å². The van der Waals surface area contributed by atoms with E-state index >= 15 is 0 Å². The molecule has 0 saturated carbocycles. The van der Waals surface area contributed by atoms with Crippen LogP contribution in [0.3, 0.4) is 0 Å². The summed E-state index contributed by atoms with van der Waals surface area (Å²) in [5.74, 6) is -0.328. The number of carbonyl (C=O) groups excluding carboxylic acids is 1. The van der Waals surface area contributed by atoms with E-state index in [0.29, 0.717) is 32.1 Å². The monoisotopic (exact) mass is 628 g/mol. The van der Waals surface area contributed by atoms with Crippen LogP contribution in [-0.4, -0.2) is 40.7 Å². The van der Waals surface area contributed by atoms with E-state index in [4.69, 9.17) is 11.6 Å². The lowest BCUT2D eigenvalue weighted by Crippen LogP contribution is -2.12. The van der Waals surface area contributed by atoms with Crippen molar-refractivity contribution in [1.29, 1.82) is 0 Å². The molecule has 0 spiro atoms. The van der Waals surface area contributed by atoms with Crippen molar-refractivity contribution in [3.63, 3.8) is 0 Å². The molecule has 216 valence electrons. The van der Waals surface area contributed by atoms with Crippen LogP contribution in [-0.2, 0) is 7.05 Å². The highest BCUT2D eigenvalue weighted by Gasteiger charge is 2.18. The predicted octanol–water partition coefficient (Wildman–Crippen LogP) is 6.75. The molecule has 0 fully saturated rings.